The van der Waals surface area contributed by atoms with E-state index in [0.29, 0.717) is 5.75 Å². The Morgan fingerprint density at radius 3 is 2.76 bits per heavy atom. The summed E-state index contributed by atoms with van der Waals surface area (Å²) in [5, 5.41) is 12.0. The molecule has 2 aromatic rings. The summed E-state index contributed by atoms with van der Waals surface area (Å²) in [5.41, 5.74) is -0.138. The second-order valence-electron chi connectivity index (χ2n) is 3.23. The number of methoxy groups -OCH3 is 1. The minimum atomic E-state index is -1.23. The first-order chi connectivity index (χ1) is 8.11. The summed E-state index contributed by atoms with van der Waals surface area (Å²) in [6.45, 7) is 0. The van der Waals surface area contributed by atoms with Crippen LogP contribution in [0.15, 0.2) is 28.8 Å². The quantitative estimate of drug-likeness (QED) is 0.885. The number of aromatic carboxylic acids is 1. The molecule has 0 atom stereocenters. The molecule has 0 aliphatic carbocycles. The summed E-state index contributed by atoms with van der Waals surface area (Å²) in [5.74, 6) is -1.38. The minimum absolute atomic E-state index is 0.0579. The summed E-state index contributed by atoms with van der Waals surface area (Å²) < 4.78 is 23.2. The number of nitrogens with zero attached hydrogens (tertiary/aromatic N) is 1. The lowest BCUT2D eigenvalue weighted by Crippen LogP contribution is -1.94. The third-order valence-corrected chi connectivity index (χ3v) is 2.17. The topological polar surface area (TPSA) is 72.6 Å². The van der Waals surface area contributed by atoms with Crippen molar-refractivity contribution in [1.29, 1.82) is 0 Å². The molecule has 1 N–H and O–H groups in total. The van der Waals surface area contributed by atoms with Crippen molar-refractivity contribution in [3.63, 3.8) is 0 Å². The van der Waals surface area contributed by atoms with Crippen molar-refractivity contribution in [3.05, 3.63) is 35.8 Å². The average molecular weight is 237 g/mol. The first-order valence-corrected chi connectivity index (χ1v) is 4.65. The third kappa shape index (κ3) is 2.10. The monoisotopic (exact) mass is 237 g/mol. The van der Waals surface area contributed by atoms with Gasteiger partial charge in [-0.05, 0) is 12.1 Å². The van der Waals surface area contributed by atoms with E-state index in [-0.39, 0.29) is 17.0 Å². The van der Waals surface area contributed by atoms with Gasteiger partial charge in [0, 0.05) is 12.1 Å². The zero-order chi connectivity index (χ0) is 12.4. The Balaban J connectivity index is 2.42. The van der Waals surface area contributed by atoms with Crippen LogP contribution in [0.3, 0.4) is 0 Å². The number of hydrogen-bond acceptors (Lipinski definition) is 4. The molecule has 0 aliphatic rings. The Morgan fingerprint density at radius 2 is 2.24 bits per heavy atom. The zero-order valence-electron chi connectivity index (χ0n) is 8.81. The van der Waals surface area contributed by atoms with E-state index in [2.05, 4.69) is 5.16 Å². The highest BCUT2D eigenvalue weighted by Gasteiger charge is 2.15. The highest BCUT2D eigenvalue weighted by molar-refractivity contribution is 5.86. The highest BCUT2D eigenvalue weighted by atomic mass is 19.1. The predicted octanol–water partition coefficient (Wildman–Crippen LogP) is 2.19. The molecular weight excluding hydrogens is 229 g/mol. The van der Waals surface area contributed by atoms with E-state index >= 15 is 0 Å². The van der Waals surface area contributed by atoms with Gasteiger partial charge in [0.1, 0.15) is 11.6 Å². The van der Waals surface area contributed by atoms with Gasteiger partial charge in [-0.2, -0.15) is 0 Å². The Hall–Kier alpha value is -2.37. The van der Waals surface area contributed by atoms with Crippen molar-refractivity contribution < 1.29 is 23.6 Å². The van der Waals surface area contributed by atoms with Gasteiger partial charge in [0.05, 0.1) is 12.7 Å². The van der Waals surface area contributed by atoms with Crippen molar-refractivity contribution >= 4 is 5.97 Å². The van der Waals surface area contributed by atoms with Gasteiger partial charge >= 0.3 is 5.97 Å². The van der Waals surface area contributed by atoms with Gasteiger partial charge < -0.3 is 14.4 Å². The predicted molar refractivity (Wildman–Crippen MR) is 55.4 cm³/mol. The van der Waals surface area contributed by atoms with Gasteiger partial charge in [-0.1, -0.05) is 5.16 Å². The molecule has 5 nitrogen and oxygen atoms in total. The van der Waals surface area contributed by atoms with Gasteiger partial charge in [0.25, 0.3) is 0 Å². The van der Waals surface area contributed by atoms with E-state index in [0.717, 1.165) is 6.07 Å². The standard InChI is InChI=1S/C11H8FNO4/c1-16-6-2-3-7(8(12)4-6)10-5-9(11(14)15)13-17-10/h2-5H,1H3,(H,14,15). The third-order valence-electron chi connectivity index (χ3n) is 2.17. The number of carbonyl (C=O) groups is 1. The maximum Gasteiger partial charge on any atom is 0.358 e. The molecule has 2 rings (SSSR count). The number of carboxylic acids is 1. The van der Waals surface area contributed by atoms with Crippen molar-refractivity contribution in [2.24, 2.45) is 0 Å². The molecule has 0 radical (unpaired) electrons. The van der Waals surface area contributed by atoms with Crippen LogP contribution in [0, 0.1) is 5.82 Å². The van der Waals surface area contributed by atoms with Crippen LogP contribution in [-0.2, 0) is 0 Å². The molecule has 0 unspecified atom stereocenters. The van der Waals surface area contributed by atoms with E-state index in [1.165, 1.54) is 19.2 Å². The maximum absolute atomic E-state index is 13.6. The number of benzene rings is 1. The first kappa shape index (κ1) is 11.1. The van der Waals surface area contributed by atoms with Crippen molar-refractivity contribution in [2.45, 2.75) is 0 Å². The highest BCUT2D eigenvalue weighted by Crippen LogP contribution is 2.26. The molecule has 0 saturated heterocycles. The summed E-state index contributed by atoms with van der Waals surface area (Å²) in [4.78, 5) is 10.6. The second kappa shape index (κ2) is 4.25. The summed E-state index contributed by atoms with van der Waals surface area (Å²) >= 11 is 0. The van der Waals surface area contributed by atoms with E-state index in [1.54, 1.807) is 6.07 Å². The van der Waals surface area contributed by atoms with Crippen LogP contribution in [0.2, 0.25) is 0 Å². The fourth-order valence-corrected chi connectivity index (χ4v) is 1.33. The fourth-order valence-electron chi connectivity index (χ4n) is 1.33. The summed E-state index contributed by atoms with van der Waals surface area (Å²) in [6.07, 6.45) is 0. The number of ether oxygens (including phenoxy) is 1. The van der Waals surface area contributed by atoms with Crippen molar-refractivity contribution in [2.75, 3.05) is 7.11 Å². The summed E-state index contributed by atoms with van der Waals surface area (Å²) in [7, 11) is 1.42. The normalized spacial score (nSPS) is 10.2. The molecule has 0 amide bonds. The molecule has 88 valence electrons. The zero-order valence-corrected chi connectivity index (χ0v) is 8.81. The van der Waals surface area contributed by atoms with Crippen LogP contribution in [0.25, 0.3) is 11.3 Å². The Labute approximate surface area is 95.4 Å². The van der Waals surface area contributed by atoms with Crippen LogP contribution < -0.4 is 4.74 Å². The lowest BCUT2D eigenvalue weighted by Gasteiger charge is -2.01. The number of aromatic nitrogens is 1. The molecule has 6 heteroatoms. The molecule has 0 aliphatic heterocycles. The largest absolute Gasteiger partial charge is 0.497 e. The van der Waals surface area contributed by atoms with Crippen molar-refractivity contribution in [3.8, 4) is 17.1 Å². The second-order valence-corrected chi connectivity index (χ2v) is 3.23. The van der Waals surface area contributed by atoms with Gasteiger partial charge in [-0.3, -0.25) is 0 Å². The number of rotatable bonds is 3. The van der Waals surface area contributed by atoms with Crippen LogP contribution >= 0.6 is 0 Å². The number of hydrogen-bond donors (Lipinski definition) is 1. The average Bonchev–Trinajstić information content (AvgIpc) is 2.78. The Morgan fingerprint density at radius 1 is 1.47 bits per heavy atom. The lowest BCUT2D eigenvalue weighted by molar-refractivity contribution is 0.0686. The van der Waals surface area contributed by atoms with Gasteiger partial charge in [0.15, 0.2) is 11.5 Å². The maximum atomic E-state index is 13.6. The van der Waals surface area contributed by atoms with Crippen LogP contribution in [0.4, 0.5) is 4.39 Å². The van der Waals surface area contributed by atoms with Crippen LogP contribution in [-0.4, -0.2) is 23.3 Å². The number of carboxylic acid groups (broad SMARTS) is 1. The molecule has 0 saturated carbocycles. The first-order valence-electron chi connectivity index (χ1n) is 4.65. The Kier molecular flexibility index (Phi) is 2.78. The van der Waals surface area contributed by atoms with Gasteiger partial charge in [-0.15, -0.1) is 0 Å². The SMILES string of the molecule is COc1ccc(-c2cc(C(=O)O)no2)c(F)c1. The van der Waals surface area contributed by atoms with E-state index in [4.69, 9.17) is 14.4 Å². The van der Waals surface area contributed by atoms with Crippen LogP contribution in [0.5, 0.6) is 5.75 Å². The molecule has 1 aromatic heterocycles. The van der Waals surface area contributed by atoms with Crippen LogP contribution in [0.1, 0.15) is 10.5 Å². The van der Waals surface area contributed by atoms with E-state index < -0.39 is 11.8 Å². The molecular formula is C11H8FNO4. The Bertz CT molecular complexity index is 564. The van der Waals surface area contributed by atoms with Crippen molar-refractivity contribution in [1.82, 2.24) is 5.16 Å². The molecule has 17 heavy (non-hydrogen) atoms. The van der Waals surface area contributed by atoms with E-state index in [9.17, 15) is 9.18 Å². The summed E-state index contributed by atoms with van der Waals surface area (Å²) in [6, 6.07) is 5.31. The van der Waals surface area contributed by atoms with Gasteiger partial charge in [-0.25, -0.2) is 9.18 Å². The van der Waals surface area contributed by atoms with E-state index in [1.807, 2.05) is 0 Å². The minimum Gasteiger partial charge on any atom is -0.497 e. The van der Waals surface area contributed by atoms with Gasteiger partial charge in [0.2, 0.25) is 0 Å². The lowest BCUT2D eigenvalue weighted by atomic mass is 10.1. The molecule has 0 fully saturated rings. The molecule has 0 spiro atoms. The fraction of sp³-hybridized carbons (Fsp3) is 0.0909. The smallest absolute Gasteiger partial charge is 0.358 e. The number of halogens is 1. The molecule has 1 aromatic carbocycles. The molecule has 1 heterocycles. The molecule has 0 bridgehead atoms.